The first kappa shape index (κ1) is 17.4. The average molecular weight is 364 g/mol. The first-order valence-corrected chi connectivity index (χ1v) is 8.99. The van der Waals surface area contributed by atoms with Gasteiger partial charge in [-0.15, -0.1) is 0 Å². The zero-order valence-electron chi connectivity index (χ0n) is 15.6. The number of hydrogen-bond donors (Lipinski definition) is 2. The quantitative estimate of drug-likeness (QED) is 0.677. The molecule has 1 saturated heterocycles. The summed E-state index contributed by atoms with van der Waals surface area (Å²) < 4.78 is 1.79. The number of nitrogens with two attached hydrogens (primary N) is 1. The number of aryl methyl sites for hydroxylation is 1. The maximum absolute atomic E-state index is 11.7. The van der Waals surface area contributed by atoms with E-state index >= 15 is 0 Å². The van der Waals surface area contributed by atoms with Gasteiger partial charge in [0.15, 0.2) is 0 Å². The van der Waals surface area contributed by atoms with Gasteiger partial charge in [0.25, 0.3) is 0 Å². The van der Waals surface area contributed by atoms with Crippen LogP contribution in [0, 0.1) is 0 Å². The van der Waals surface area contributed by atoms with Crippen molar-refractivity contribution < 1.29 is 4.79 Å². The molecule has 3 aromatic rings. The molecule has 3 heterocycles. The third kappa shape index (κ3) is 2.90. The maximum Gasteiger partial charge on any atom is 0.246 e. The highest BCUT2D eigenvalue weighted by Crippen LogP contribution is 2.34. The summed E-state index contributed by atoms with van der Waals surface area (Å²) in [6.45, 7) is 5.45. The standard InChI is InChI=1S/C20H24N6O/c1-4-19(27)26-11-15(12-26)25(3)18-6-5-13(8-21)20-16(18)7-17(23-20)14-9-22-24(2)10-14/h4-7,9-10,15,23H,1,8,11-12,21H2,2-3H3. The number of hydrogen-bond acceptors (Lipinski definition) is 4. The Labute approximate surface area is 158 Å². The lowest BCUT2D eigenvalue weighted by Gasteiger charge is -2.44. The lowest BCUT2D eigenvalue weighted by Crippen LogP contribution is -2.60. The molecule has 1 aromatic carbocycles. The highest BCUT2D eigenvalue weighted by Gasteiger charge is 2.33. The third-order valence-corrected chi connectivity index (χ3v) is 5.37. The summed E-state index contributed by atoms with van der Waals surface area (Å²) in [5, 5.41) is 5.40. The van der Waals surface area contributed by atoms with E-state index in [2.05, 4.69) is 46.8 Å². The molecule has 2 aromatic heterocycles. The zero-order chi connectivity index (χ0) is 19.1. The molecule has 1 fully saturated rings. The molecule has 0 unspecified atom stereocenters. The minimum absolute atomic E-state index is 0.0104. The van der Waals surface area contributed by atoms with Gasteiger partial charge in [0.1, 0.15) is 0 Å². The minimum Gasteiger partial charge on any atom is -0.367 e. The van der Waals surface area contributed by atoms with Gasteiger partial charge in [0.05, 0.1) is 17.8 Å². The number of rotatable bonds is 5. The summed E-state index contributed by atoms with van der Waals surface area (Å²) in [7, 11) is 3.98. The maximum atomic E-state index is 11.7. The van der Waals surface area contributed by atoms with Gasteiger partial charge in [-0.2, -0.15) is 5.10 Å². The number of nitrogens with one attached hydrogen (secondary N) is 1. The van der Waals surface area contributed by atoms with Crippen molar-refractivity contribution in [1.82, 2.24) is 19.7 Å². The number of H-pyrrole nitrogens is 1. The molecule has 0 atom stereocenters. The second-order valence-corrected chi connectivity index (χ2v) is 7.03. The molecule has 7 heteroatoms. The highest BCUT2D eigenvalue weighted by molar-refractivity contribution is 5.98. The van der Waals surface area contributed by atoms with Crippen molar-refractivity contribution in [3.8, 4) is 11.3 Å². The topological polar surface area (TPSA) is 83.2 Å². The lowest BCUT2D eigenvalue weighted by atomic mass is 10.0. The van der Waals surface area contributed by atoms with E-state index in [1.807, 2.05) is 19.4 Å². The monoisotopic (exact) mass is 364 g/mol. The predicted octanol–water partition coefficient (Wildman–Crippen LogP) is 1.86. The molecule has 1 amide bonds. The third-order valence-electron chi connectivity index (χ3n) is 5.37. The second kappa shape index (κ2) is 6.59. The summed E-state index contributed by atoms with van der Waals surface area (Å²) in [5.74, 6) is -0.0104. The van der Waals surface area contributed by atoms with E-state index in [0.717, 1.165) is 33.4 Å². The average Bonchev–Trinajstić information content (AvgIpc) is 3.25. The number of benzene rings is 1. The van der Waals surface area contributed by atoms with Crippen molar-refractivity contribution in [1.29, 1.82) is 0 Å². The van der Waals surface area contributed by atoms with Gasteiger partial charge >= 0.3 is 0 Å². The van der Waals surface area contributed by atoms with Crippen molar-refractivity contribution in [2.75, 3.05) is 25.0 Å². The first-order chi connectivity index (χ1) is 13.0. The van der Waals surface area contributed by atoms with E-state index in [0.29, 0.717) is 19.6 Å². The van der Waals surface area contributed by atoms with Crippen LogP contribution < -0.4 is 10.6 Å². The van der Waals surface area contributed by atoms with E-state index in [1.165, 1.54) is 6.08 Å². The number of carbonyl (C=O) groups is 1. The molecule has 140 valence electrons. The van der Waals surface area contributed by atoms with Crippen molar-refractivity contribution in [2.45, 2.75) is 12.6 Å². The number of likely N-dealkylation sites (tertiary alicyclic amines) is 1. The number of anilines is 1. The lowest BCUT2D eigenvalue weighted by molar-refractivity contribution is -0.130. The van der Waals surface area contributed by atoms with Crippen LogP contribution in [0.25, 0.3) is 22.2 Å². The smallest absolute Gasteiger partial charge is 0.246 e. The fraction of sp³-hybridized carbons (Fsp3) is 0.300. The predicted molar refractivity (Wildman–Crippen MR) is 107 cm³/mol. The van der Waals surface area contributed by atoms with Crippen molar-refractivity contribution in [3.63, 3.8) is 0 Å². The molecule has 27 heavy (non-hydrogen) atoms. The first-order valence-electron chi connectivity index (χ1n) is 8.99. The Morgan fingerprint density at radius 3 is 2.89 bits per heavy atom. The van der Waals surface area contributed by atoms with Crippen LogP contribution in [-0.4, -0.2) is 51.8 Å². The number of likely N-dealkylation sites (N-methyl/N-ethyl adjacent to an activating group) is 1. The normalized spacial score (nSPS) is 14.4. The van der Waals surface area contributed by atoms with Crippen LogP contribution in [0.5, 0.6) is 0 Å². The van der Waals surface area contributed by atoms with E-state index in [1.54, 1.807) is 9.58 Å². The van der Waals surface area contributed by atoms with Gasteiger partial charge in [-0.3, -0.25) is 9.48 Å². The number of aromatic amines is 1. The molecule has 0 spiro atoms. The minimum atomic E-state index is -0.0104. The Morgan fingerprint density at radius 2 is 2.26 bits per heavy atom. The van der Waals surface area contributed by atoms with Crippen LogP contribution in [0.1, 0.15) is 5.56 Å². The fourth-order valence-electron chi connectivity index (χ4n) is 3.66. The number of amides is 1. The van der Waals surface area contributed by atoms with Crippen LogP contribution in [0.4, 0.5) is 5.69 Å². The van der Waals surface area contributed by atoms with E-state index in [4.69, 9.17) is 5.73 Å². The molecular weight excluding hydrogens is 340 g/mol. The van der Waals surface area contributed by atoms with Gasteiger partial charge in [-0.05, 0) is 23.8 Å². The fourth-order valence-corrected chi connectivity index (χ4v) is 3.66. The van der Waals surface area contributed by atoms with Crippen LogP contribution in [-0.2, 0) is 18.4 Å². The van der Waals surface area contributed by atoms with E-state index in [9.17, 15) is 4.79 Å². The number of aromatic nitrogens is 3. The van der Waals surface area contributed by atoms with Gasteiger partial charge < -0.3 is 20.5 Å². The van der Waals surface area contributed by atoms with Gasteiger partial charge in [0, 0.05) is 62.3 Å². The van der Waals surface area contributed by atoms with Crippen LogP contribution >= 0.6 is 0 Å². The summed E-state index contributed by atoms with van der Waals surface area (Å²) >= 11 is 0. The zero-order valence-corrected chi connectivity index (χ0v) is 15.6. The van der Waals surface area contributed by atoms with Crippen LogP contribution in [0.2, 0.25) is 0 Å². The van der Waals surface area contributed by atoms with E-state index < -0.39 is 0 Å². The molecule has 0 saturated carbocycles. The Kier molecular flexibility index (Phi) is 4.24. The van der Waals surface area contributed by atoms with Gasteiger partial charge in [0.2, 0.25) is 5.91 Å². The van der Waals surface area contributed by atoms with Gasteiger partial charge in [-0.25, -0.2) is 0 Å². The number of fused-ring (bicyclic) bond motifs is 1. The van der Waals surface area contributed by atoms with Crippen LogP contribution in [0.15, 0.2) is 43.2 Å². The summed E-state index contributed by atoms with van der Waals surface area (Å²) in [5.41, 5.74) is 11.3. The molecule has 3 N–H and O–H groups in total. The van der Waals surface area contributed by atoms with Crippen molar-refractivity contribution in [2.24, 2.45) is 12.8 Å². The van der Waals surface area contributed by atoms with E-state index in [-0.39, 0.29) is 11.9 Å². The van der Waals surface area contributed by atoms with Gasteiger partial charge in [-0.1, -0.05) is 12.6 Å². The summed E-state index contributed by atoms with van der Waals surface area (Å²) in [6.07, 6.45) is 5.21. The van der Waals surface area contributed by atoms with Crippen LogP contribution in [0.3, 0.4) is 0 Å². The molecule has 0 bridgehead atoms. The molecular formula is C20H24N6O. The Balaban J connectivity index is 1.70. The SMILES string of the molecule is C=CC(=O)N1CC(N(C)c2ccc(CN)c3[nH]c(-c4cnn(C)c4)cc23)C1. The Morgan fingerprint density at radius 1 is 1.48 bits per heavy atom. The Bertz CT molecular complexity index is 1010. The molecule has 0 aliphatic carbocycles. The highest BCUT2D eigenvalue weighted by atomic mass is 16.2. The van der Waals surface area contributed by atoms with Crippen molar-refractivity contribution in [3.05, 3.63) is 48.8 Å². The Hall–Kier alpha value is -3.06. The summed E-state index contributed by atoms with van der Waals surface area (Å²) in [4.78, 5) is 19.3. The molecule has 0 radical (unpaired) electrons. The molecule has 4 rings (SSSR count). The molecule has 7 nitrogen and oxygen atoms in total. The second-order valence-electron chi connectivity index (χ2n) is 7.03. The molecule has 1 aliphatic heterocycles. The van der Waals surface area contributed by atoms with Crippen molar-refractivity contribution >= 4 is 22.5 Å². The molecule has 1 aliphatic rings. The summed E-state index contributed by atoms with van der Waals surface area (Å²) in [6, 6.07) is 6.63. The number of carbonyl (C=O) groups excluding carboxylic acids is 1. The largest absolute Gasteiger partial charge is 0.367 e. The number of nitrogens with zero attached hydrogens (tertiary/aromatic N) is 4.